The average molecular weight is 447 g/mol. The van der Waals surface area contributed by atoms with Crippen molar-refractivity contribution in [3.63, 3.8) is 0 Å². The minimum atomic E-state index is 0.0363. The van der Waals surface area contributed by atoms with Crippen LogP contribution in [0.15, 0.2) is 18.5 Å². The van der Waals surface area contributed by atoms with E-state index in [1.807, 2.05) is 12.3 Å². The first kappa shape index (κ1) is 20.7. The molecule has 3 aliphatic carbocycles. The summed E-state index contributed by atoms with van der Waals surface area (Å²) in [6, 6.07) is 4.60. The Morgan fingerprint density at radius 2 is 2.00 bits per heavy atom. The first-order chi connectivity index (χ1) is 16.2. The van der Waals surface area contributed by atoms with E-state index in [0.29, 0.717) is 29.9 Å². The van der Waals surface area contributed by atoms with Crippen molar-refractivity contribution in [3.05, 3.63) is 29.7 Å². The van der Waals surface area contributed by atoms with Crippen molar-refractivity contribution in [2.45, 2.75) is 57.0 Å². The van der Waals surface area contributed by atoms with Gasteiger partial charge >= 0.3 is 0 Å². The Balaban J connectivity index is 1.32. The zero-order chi connectivity index (χ0) is 22.5. The van der Waals surface area contributed by atoms with Gasteiger partial charge < -0.3 is 14.9 Å². The largest absolute Gasteiger partial charge is 0.394 e. The van der Waals surface area contributed by atoms with Crippen LogP contribution in [0.2, 0.25) is 0 Å². The second-order valence-corrected chi connectivity index (χ2v) is 10.1. The maximum atomic E-state index is 12.9. The van der Waals surface area contributed by atoms with Crippen LogP contribution in [0.25, 0.3) is 11.1 Å². The number of aromatic nitrogens is 3. The Morgan fingerprint density at radius 3 is 2.67 bits per heavy atom. The number of carbonyl (C=O) groups excluding carboxylic acids is 1. The summed E-state index contributed by atoms with van der Waals surface area (Å²) in [4.78, 5) is 22.4. The third-order valence-corrected chi connectivity index (χ3v) is 7.48. The van der Waals surface area contributed by atoms with Gasteiger partial charge in [0.15, 0.2) is 0 Å². The molecule has 2 aromatic heterocycles. The topological polar surface area (TPSA) is 98.3 Å². The van der Waals surface area contributed by atoms with Crippen LogP contribution >= 0.6 is 0 Å². The van der Waals surface area contributed by atoms with E-state index in [1.54, 1.807) is 10.9 Å². The second-order valence-electron chi connectivity index (χ2n) is 10.1. The third-order valence-electron chi connectivity index (χ3n) is 7.48. The van der Waals surface area contributed by atoms with Crippen molar-refractivity contribution < 1.29 is 9.90 Å². The number of rotatable bonds is 7. The van der Waals surface area contributed by atoms with Gasteiger partial charge in [0.05, 0.1) is 36.6 Å². The van der Waals surface area contributed by atoms with Gasteiger partial charge in [0.25, 0.3) is 0 Å². The molecule has 3 saturated carbocycles. The zero-order valence-corrected chi connectivity index (χ0v) is 18.9. The summed E-state index contributed by atoms with van der Waals surface area (Å²) in [7, 11) is 0. The molecule has 4 aliphatic rings. The molecular weight excluding hydrogens is 416 g/mol. The quantitative estimate of drug-likeness (QED) is 0.702. The third kappa shape index (κ3) is 3.99. The molecule has 3 heterocycles. The van der Waals surface area contributed by atoms with Gasteiger partial charge in [-0.1, -0.05) is 0 Å². The average Bonchev–Trinajstić information content (AvgIpc) is 3.70. The Hall–Kier alpha value is -2.92. The number of anilines is 1. The molecule has 1 unspecified atom stereocenters. The predicted molar refractivity (Wildman–Crippen MR) is 122 cm³/mol. The molecule has 8 heteroatoms. The number of pyridine rings is 1. The fourth-order valence-corrected chi connectivity index (χ4v) is 5.19. The molecule has 8 nitrogen and oxygen atoms in total. The monoisotopic (exact) mass is 446 g/mol. The lowest BCUT2D eigenvalue weighted by molar-refractivity contribution is -0.135. The smallest absolute Gasteiger partial charge is 0.226 e. The molecule has 1 atom stereocenters. The van der Waals surface area contributed by atoms with Crippen molar-refractivity contribution in [2.24, 2.45) is 11.8 Å². The minimum absolute atomic E-state index is 0.0363. The van der Waals surface area contributed by atoms with Gasteiger partial charge in [-0.2, -0.15) is 10.4 Å². The number of nitriles is 1. The molecule has 0 aromatic carbocycles. The summed E-state index contributed by atoms with van der Waals surface area (Å²) in [5.41, 5.74) is 3.55. The van der Waals surface area contributed by atoms with E-state index < -0.39 is 0 Å². The molecule has 2 aromatic rings. The Labute approximate surface area is 193 Å². The first-order valence-electron chi connectivity index (χ1n) is 12.3. The molecule has 1 amide bonds. The van der Waals surface area contributed by atoms with Crippen molar-refractivity contribution in [1.29, 1.82) is 5.26 Å². The van der Waals surface area contributed by atoms with Gasteiger partial charge in [0.1, 0.15) is 11.9 Å². The number of hydrogen-bond donors (Lipinski definition) is 1. The van der Waals surface area contributed by atoms with Crippen molar-refractivity contribution in [2.75, 3.05) is 31.1 Å². The molecule has 1 saturated heterocycles. The van der Waals surface area contributed by atoms with E-state index >= 15 is 0 Å². The molecule has 172 valence electrons. The summed E-state index contributed by atoms with van der Waals surface area (Å²) < 4.78 is 1.72. The van der Waals surface area contributed by atoms with Crippen molar-refractivity contribution in [1.82, 2.24) is 19.7 Å². The highest BCUT2D eigenvalue weighted by molar-refractivity contribution is 5.82. The summed E-state index contributed by atoms with van der Waals surface area (Å²) >= 11 is 0. The van der Waals surface area contributed by atoms with Gasteiger partial charge in [-0.3, -0.25) is 9.48 Å². The Bertz CT molecular complexity index is 1110. The van der Waals surface area contributed by atoms with Crippen LogP contribution in [-0.2, 0) is 11.3 Å². The van der Waals surface area contributed by atoms with E-state index in [4.69, 9.17) is 4.98 Å². The van der Waals surface area contributed by atoms with Gasteiger partial charge in [0, 0.05) is 48.8 Å². The van der Waals surface area contributed by atoms with Crippen molar-refractivity contribution >= 4 is 11.7 Å². The molecule has 1 N–H and O–H groups in total. The van der Waals surface area contributed by atoms with E-state index in [9.17, 15) is 15.2 Å². The zero-order valence-electron chi connectivity index (χ0n) is 18.9. The molecule has 0 spiro atoms. The van der Waals surface area contributed by atoms with Gasteiger partial charge in [-0.15, -0.1) is 0 Å². The summed E-state index contributed by atoms with van der Waals surface area (Å²) in [6.07, 6.45) is 10.4. The highest BCUT2D eigenvalue weighted by Gasteiger charge is 2.45. The van der Waals surface area contributed by atoms with Crippen LogP contribution in [-0.4, -0.2) is 63.0 Å². The highest BCUT2D eigenvalue weighted by Crippen LogP contribution is 2.45. The number of aliphatic hydroxyl groups is 1. The minimum Gasteiger partial charge on any atom is -0.394 e. The molecule has 0 bridgehead atoms. The number of carbonyl (C=O) groups is 1. The number of nitrogens with zero attached hydrogens (tertiary/aromatic N) is 6. The van der Waals surface area contributed by atoms with E-state index in [0.717, 1.165) is 68.0 Å². The second kappa shape index (κ2) is 8.14. The van der Waals surface area contributed by atoms with E-state index in [-0.39, 0.29) is 18.6 Å². The van der Waals surface area contributed by atoms with Crippen LogP contribution in [0.1, 0.15) is 55.7 Å². The fourth-order valence-electron chi connectivity index (χ4n) is 5.19. The standard InChI is InChI=1S/C25H30N6O2/c26-12-19-11-21(20-13-27-30(14-20)9-10-32)23(17-3-4-17)28-24(19)29-7-8-31(25(33)18-5-6-18)22(15-29)16-1-2-16/h11,13-14,16-18,22,32H,1-10,15H2. The van der Waals surface area contributed by atoms with Crippen LogP contribution in [0.3, 0.4) is 0 Å². The molecule has 4 fully saturated rings. The number of amides is 1. The number of aliphatic hydroxyl groups excluding tert-OH is 1. The van der Waals surface area contributed by atoms with Gasteiger partial charge in [0.2, 0.25) is 5.91 Å². The van der Waals surface area contributed by atoms with E-state index in [2.05, 4.69) is 21.0 Å². The molecule has 1 aliphatic heterocycles. The fraction of sp³-hybridized carbons (Fsp3) is 0.600. The molecule has 6 rings (SSSR count). The Morgan fingerprint density at radius 1 is 1.18 bits per heavy atom. The lowest BCUT2D eigenvalue weighted by atomic mass is 10.0. The Kier molecular flexibility index (Phi) is 5.10. The number of piperazine rings is 1. The normalized spacial score (nSPS) is 23.0. The van der Waals surface area contributed by atoms with Crippen LogP contribution in [0.4, 0.5) is 5.82 Å². The summed E-state index contributed by atoms with van der Waals surface area (Å²) in [5.74, 6) is 2.37. The maximum absolute atomic E-state index is 12.9. The van der Waals surface area contributed by atoms with Crippen molar-refractivity contribution in [3.8, 4) is 17.2 Å². The van der Waals surface area contributed by atoms with Crippen LogP contribution < -0.4 is 4.90 Å². The lowest BCUT2D eigenvalue weighted by Gasteiger charge is -2.43. The van der Waals surface area contributed by atoms with Gasteiger partial charge in [-0.05, 0) is 50.5 Å². The van der Waals surface area contributed by atoms with Crippen LogP contribution in [0, 0.1) is 23.2 Å². The highest BCUT2D eigenvalue weighted by atomic mass is 16.3. The molecule has 33 heavy (non-hydrogen) atoms. The maximum Gasteiger partial charge on any atom is 0.226 e. The van der Waals surface area contributed by atoms with E-state index in [1.165, 1.54) is 12.8 Å². The SMILES string of the molecule is N#Cc1cc(-c2cnn(CCO)c2)c(C2CC2)nc1N1CCN(C(=O)C2CC2)C(C2CC2)C1. The predicted octanol–water partition coefficient (Wildman–Crippen LogP) is 2.52. The first-order valence-corrected chi connectivity index (χ1v) is 12.3. The summed E-state index contributed by atoms with van der Waals surface area (Å²) in [5, 5.41) is 23.6. The van der Waals surface area contributed by atoms with Crippen LogP contribution in [0.5, 0.6) is 0 Å². The number of hydrogen-bond acceptors (Lipinski definition) is 6. The molecule has 0 radical (unpaired) electrons. The molecular formula is C25H30N6O2. The lowest BCUT2D eigenvalue weighted by Crippen LogP contribution is -2.57. The van der Waals surface area contributed by atoms with Gasteiger partial charge in [-0.25, -0.2) is 4.98 Å². The summed E-state index contributed by atoms with van der Waals surface area (Å²) in [6.45, 7) is 2.69.